The molecule has 0 bridgehead atoms. The number of carbonyl (C=O) groups is 2. The molecule has 1 N–H and O–H groups in total. The van der Waals surface area contributed by atoms with Gasteiger partial charge in [0.15, 0.2) is 0 Å². The van der Waals surface area contributed by atoms with Crippen LogP contribution in [0.5, 0.6) is 0 Å². The number of aryl methyl sites for hydroxylation is 1. The van der Waals surface area contributed by atoms with Crippen molar-refractivity contribution >= 4 is 28.5 Å². The van der Waals surface area contributed by atoms with Gasteiger partial charge in [0.25, 0.3) is 5.91 Å². The van der Waals surface area contributed by atoms with Gasteiger partial charge in [0.1, 0.15) is 5.82 Å². The minimum absolute atomic E-state index is 0.0939. The Morgan fingerprint density at radius 3 is 2.88 bits per heavy atom. The van der Waals surface area contributed by atoms with Crippen LogP contribution in [0.3, 0.4) is 0 Å². The van der Waals surface area contributed by atoms with E-state index >= 15 is 0 Å². The number of nitrogens with one attached hydrogen (secondary N) is 1. The van der Waals surface area contributed by atoms with Gasteiger partial charge in [0.2, 0.25) is 11.7 Å². The predicted molar refractivity (Wildman–Crippen MR) is 125 cm³/mol. The zero-order chi connectivity index (χ0) is 23.7. The summed E-state index contributed by atoms with van der Waals surface area (Å²) >= 11 is 0. The van der Waals surface area contributed by atoms with Crippen molar-refractivity contribution in [3.8, 4) is 11.4 Å². The molecule has 9 nitrogen and oxygen atoms in total. The Balaban J connectivity index is 1.29. The summed E-state index contributed by atoms with van der Waals surface area (Å²) in [5, 5.41) is 9.29. The molecule has 0 saturated carbocycles. The number of hydrogen-bond donors (Lipinski definition) is 1. The van der Waals surface area contributed by atoms with Crippen molar-refractivity contribution in [3.63, 3.8) is 0 Å². The second kappa shape index (κ2) is 8.93. The van der Waals surface area contributed by atoms with E-state index in [1.54, 1.807) is 37.1 Å². The smallest absolute Gasteiger partial charge is 0.338 e. The van der Waals surface area contributed by atoms with Crippen molar-refractivity contribution in [1.82, 2.24) is 20.0 Å². The number of anilines is 1. The second-order valence-corrected chi connectivity index (χ2v) is 7.98. The van der Waals surface area contributed by atoms with Gasteiger partial charge in [-0.05, 0) is 42.1 Å². The maximum Gasteiger partial charge on any atom is 0.338 e. The highest BCUT2D eigenvalue weighted by molar-refractivity contribution is 6.01. The molecule has 172 valence electrons. The molecule has 1 amide bonds. The monoisotopic (exact) mass is 457 g/mol. The number of carbonyl (C=O) groups excluding carboxylic acids is 2. The summed E-state index contributed by atoms with van der Waals surface area (Å²) in [7, 11) is 0. The number of fused-ring (bicyclic) bond motifs is 2. The number of esters is 1. The average molecular weight is 457 g/mol. The van der Waals surface area contributed by atoms with E-state index in [2.05, 4.69) is 20.4 Å². The van der Waals surface area contributed by atoms with E-state index < -0.39 is 5.97 Å². The van der Waals surface area contributed by atoms with Crippen LogP contribution in [-0.2, 0) is 11.3 Å². The molecule has 1 aliphatic rings. The minimum atomic E-state index is -0.421. The van der Waals surface area contributed by atoms with Gasteiger partial charge in [-0.25, -0.2) is 9.78 Å². The molecule has 0 atom stereocenters. The molecule has 0 spiro atoms. The molecular formula is C25H23N5O4. The topological polar surface area (TPSA) is 110 Å². The first-order valence-electron chi connectivity index (χ1n) is 11.1. The SMILES string of the molecule is CCOC(=O)c1ccc2c(c1)C(=O)N(CCNc1nccc3ccc(-c4noc(C)n4)cc13)C2. The predicted octanol–water partition coefficient (Wildman–Crippen LogP) is 3.84. The van der Waals surface area contributed by atoms with Gasteiger partial charge < -0.3 is 19.5 Å². The third-order valence-electron chi connectivity index (χ3n) is 5.73. The van der Waals surface area contributed by atoms with Gasteiger partial charge in [-0.3, -0.25) is 4.79 Å². The fourth-order valence-corrected chi connectivity index (χ4v) is 4.06. The van der Waals surface area contributed by atoms with E-state index in [-0.39, 0.29) is 5.91 Å². The van der Waals surface area contributed by atoms with Crippen LogP contribution >= 0.6 is 0 Å². The normalized spacial score (nSPS) is 12.8. The van der Waals surface area contributed by atoms with E-state index in [0.29, 0.717) is 54.9 Å². The second-order valence-electron chi connectivity index (χ2n) is 7.98. The number of amides is 1. The summed E-state index contributed by atoms with van der Waals surface area (Å²) < 4.78 is 10.1. The van der Waals surface area contributed by atoms with Crippen LogP contribution < -0.4 is 5.32 Å². The average Bonchev–Trinajstić information content (AvgIpc) is 3.42. The van der Waals surface area contributed by atoms with E-state index in [1.165, 1.54) is 0 Å². The van der Waals surface area contributed by atoms with Crippen molar-refractivity contribution in [1.29, 1.82) is 0 Å². The first kappa shape index (κ1) is 21.6. The van der Waals surface area contributed by atoms with Crippen LogP contribution in [0.1, 0.15) is 39.1 Å². The number of benzene rings is 2. The van der Waals surface area contributed by atoms with Gasteiger partial charge in [-0.2, -0.15) is 4.98 Å². The summed E-state index contributed by atoms with van der Waals surface area (Å²) in [5.41, 5.74) is 2.68. The highest BCUT2D eigenvalue weighted by Gasteiger charge is 2.28. The van der Waals surface area contributed by atoms with Crippen molar-refractivity contribution in [2.24, 2.45) is 0 Å². The Hall–Kier alpha value is -4.27. The Labute approximate surface area is 195 Å². The molecule has 3 heterocycles. The molecule has 34 heavy (non-hydrogen) atoms. The lowest BCUT2D eigenvalue weighted by molar-refractivity contribution is 0.0526. The maximum absolute atomic E-state index is 12.9. The molecule has 2 aromatic heterocycles. The van der Waals surface area contributed by atoms with Gasteiger partial charge in [0.05, 0.1) is 12.2 Å². The van der Waals surface area contributed by atoms with Crippen LogP contribution in [0.4, 0.5) is 5.82 Å². The fraction of sp³-hybridized carbons (Fsp3) is 0.240. The largest absolute Gasteiger partial charge is 0.462 e. The van der Waals surface area contributed by atoms with Crippen molar-refractivity contribution < 1.29 is 18.8 Å². The Morgan fingerprint density at radius 1 is 1.21 bits per heavy atom. The molecule has 1 aliphatic heterocycles. The zero-order valence-corrected chi connectivity index (χ0v) is 18.9. The summed E-state index contributed by atoms with van der Waals surface area (Å²) in [6, 6.07) is 13.0. The molecule has 5 rings (SSSR count). The van der Waals surface area contributed by atoms with Gasteiger partial charge in [0, 0.05) is 49.3 Å². The number of hydrogen-bond acceptors (Lipinski definition) is 8. The lowest BCUT2D eigenvalue weighted by Gasteiger charge is -2.17. The highest BCUT2D eigenvalue weighted by atomic mass is 16.5. The van der Waals surface area contributed by atoms with Crippen molar-refractivity contribution in [2.75, 3.05) is 25.0 Å². The van der Waals surface area contributed by atoms with Gasteiger partial charge in [-0.15, -0.1) is 0 Å². The van der Waals surface area contributed by atoms with E-state index in [1.807, 2.05) is 30.3 Å². The maximum atomic E-state index is 12.9. The van der Waals surface area contributed by atoms with Crippen LogP contribution in [0.25, 0.3) is 22.2 Å². The Morgan fingerprint density at radius 2 is 2.09 bits per heavy atom. The third kappa shape index (κ3) is 4.07. The van der Waals surface area contributed by atoms with Crippen LogP contribution in [0, 0.1) is 6.92 Å². The number of pyridine rings is 1. The van der Waals surface area contributed by atoms with Crippen molar-refractivity contribution in [3.05, 3.63) is 71.2 Å². The number of aromatic nitrogens is 3. The lowest BCUT2D eigenvalue weighted by atomic mass is 10.1. The quantitative estimate of drug-likeness (QED) is 0.417. The van der Waals surface area contributed by atoms with Crippen LogP contribution in [-0.4, -0.2) is 51.6 Å². The number of ether oxygens (including phenoxy) is 1. The molecule has 0 saturated heterocycles. The van der Waals surface area contributed by atoms with E-state index in [4.69, 9.17) is 9.26 Å². The Kier molecular flexibility index (Phi) is 5.67. The van der Waals surface area contributed by atoms with Gasteiger partial charge in [-0.1, -0.05) is 23.4 Å². The Bertz CT molecular complexity index is 1400. The summed E-state index contributed by atoms with van der Waals surface area (Å²) in [6.45, 7) is 5.31. The minimum Gasteiger partial charge on any atom is -0.462 e. The van der Waals surface area contributed by atoms with Crippen molar-refractivity contribution in [2.45, 2.75) is 20.4 Å². The first-order chi connectivity index (χ1) is 16.5. The molecule has 4 aromatic rings. The van der Waals surface area contributed by atoms with Crippen LogP contribution in [0.15, 0.2) is 53.2 Å². The third-order valence-corrected chi connectivity index (χ3v) is 5.73. The first-order valence-corrected chi connectivity index (χ1v) is 11.1. The highest BCUT2D eigenvalue weighted by Crippen LogP contribution is 2.27. The van der Waals surface area contributed by atoms with Gasteiger partial charge >= 0.3 is 5.97 Å². The molecule has 2 aromatic carbocycles. The molecule has 9 heteroatoms. The number of rotatable bonds is 7. The molecule has 0 unspecified atom stereocenters. The standard InChI is InChI=1S/C25H23N5O4/c1-3-33-25(32)18-6-7-19-14-30(24(31)21(19)13-18)11-10-27-23-20-12-17(22-28-15(2)34-29-22)5-4-16(20)8-9-26-23/h4-9,12-13H,3,10-11,14H2,1-2H3,(H,26,27). The summed E-state index contributed by atoms with van der Waals surface area (Å²) in [5.74, 6) is 1.23. The summed E-state index contributed by atoms with van der Waals surface area (Å²) in [6.07, 6.45) is 1.75. The molecule has 0 fully saturated rings. The molecular weight excluding hydrogens is 434 g/mol. The molecule has 0 aliphatic carbocycles. The van der Waals surface area contributed by atoms with E-state index in [0.717, 1.165) is 21.9 Å². The van der Waals surface area contributed by atoms with E-state index in [9.17, 15) is 9.59 Å². The number of nitrogens with zero attached hydrogens (tertiary/aromatic N) is 4. The molecule has 0 radical (unpaired) electrons. The summed E-state index contributed by atoms with van der Waals surface area (Å²) in [4.78, 5) is 35.4. The lowest BCUT2D eigenvalue weighted by Crippen LogP contribution is -2.29. The fourth-order valence-electron chi connectivity index (χ4n) is 4.06. The van der Waals surface area contributed by atoms with Crippen LogP contribution in [0.2, 0.25) is 0 Å². The zero-order valence-electron chi connectivity index (χ0n) is 18.9.